The van der Waals surface area contributed by atoms with Crippen LogP contribution in [0.25, 0.3) is 5.69 Å². The number of para-hydroxylation sites is 1. The Labute approximate surface area is 119 Å². The van der Waals surface area contributed by atoms with Crippen LogP contribution in [0.1, 0.15) is 19.5 Å². The molecule has 0 aliphatic heterocycles. The van der Waals surface area contributed by atoms with Crippen molar-refractivity contribution in [3.63, 3.8) is 0 Å². The molecule has 2 aromatic rings. The summed E-state index contributed by atoms with van der Waals surface area (Å²) in [4.78, 5) is 5.83. The Kier molecular flexibility index (Phi) is 4.53. The first-order valence-electron chi connectivity index (χ1n) is 6.55. The zero-order valence-electron chi connectivity index (χ0n) is 12.0. The number of benzene rings is 1. The monoisotopic (exact) mass is 275 g/mol. The highest BCUT2D eigenvalue weighted by molar-refractivity contribution is 7.98. The first-order valence-corrected chi connectivity index (χ1v) is 7.77. The molecule has 1 heterocycles. The maximum Gasteiger partial charge on any atom is 0.207 e. The van der Waals surface area contributed by atoms with Gasteiger partial charge in [0.25, 0.3) is 0 Å². The van der Waals surface area contributed by atoms with Crippen molar-refractivity contribution in [3.8, 4) is 5.69 Å². The van der Waals surface area contributed by atoms with Gasteiger partial charge >= 0.3 is 0 Å². The van der Waals surface area contributed by atoms with E-state index in [1.54, 1.807) is 11.8 Å². The summed E-state index contributed by atoms with van der Waals surface area (Å²) in [7, 11) is 0. The van der Waals surface area contributed by atoms with E-state index in [4.69, 9.17) is 0 Å². The fourth-order valence-corrected chi connectivity index (χ4v) is 2.52. The van der Waals surface area contributed by atoms with Gasteiger partial charge in [0.1, 0.15) is 0 Å². The number of aryl methyl sites for hydroxylation is 1. The van der Waals surface area contributed by atoms with Crippen molar-refractivity contribution in [2.45, 2.75) is 25.7 Å². The van der Waals surface area contributed by atoms with Crippen LogP contribution in [0.2, 0.25) is 0 Å². The predicted molar refractivity (Wildman–Crippen MR) is 83.4 cm³/mol. The molecule has 3 nitrogen and oxygen atoms in total. The molecule has 0 radical (unpaired) electrons. The minimum atomic E-state index is 0.598. The van der Waals surface area contributed by atoms with Gasteiger partial charge in [-0.3, -0.25) is 4.57 Å². The van der Waals surface area contributed by atoms with Gasteiger partial charge < -0.3 is 5.32 Å². The van der Waals surface area contributed by atoms with Gasteiger partial charge in [0.15, 0.2) is 0 Å². The average Bonchev–Trinajstić information content (AvgIpc) is 2.77. The molecule has 0 saturated heterocycles. The topological polar surface area (TPSA) is 29.9 Å². The van der Waals surface area contributed by atoms with Crippen molar-refractivity contribution in [1.82, 2.24) is 9.55 Å². The van der Waals surface area contributed by atoms with E-state index in [-0.39, 0.29) is 0 Å². The van der Waals surface area contributed by atoms with Crippen LogP contribution in [0.5, 0.6) is 0 Å². The molecule has 2 rings (SSSR count). The zero-order valence-corrected chi connectivity index (χ0v) is 12.8. The van der Waals surface area contributed by atoms with Crippen molar-refractivity contribution in [3.05, 3.63) is 36.2 Å². The first-order chi connectivity index (χ1) is 9.11. The fourth-order valence-electron chi connectivity index (χ4n) is 1.93. The molecule has 1 aromatic heterocycles. The lowest BCUT2D eigenvalue weighted by Crippen LogP contribution is -2.12. The molecule has 1 N–H and O–H groups in total. The van der Waals surface area contributed by atoms with E-state index >= 15 is 0 Å². The first kappa shape index (κ1) is 14.0. The van der Waals surface area contributed by atoms with Crippen molar-refractivity contribution in [2.75, 3.05) is 18.1 Å². The minimum Gasteiger partial charge on any atom is -0.355 e. The number of rotatable bonds is 5. The second-order valence-electron chi connectivity index (χ2n) is 5.02. The summed E-state index contributed by atoms with van der Waals surface area (Å²) in [5.41, 5.74) is 2.21. The molecule has 0 saturated carbocycles. The molecule has 0 aliphatic carbocycles. The van der Waals surface area contributed by atoms with Gasteiger partial charge in [-0.1, -0.05) is 26.0 Å². The minimum absolute atomic E-state index is 0.598. The largest absolute Gasteiger partial charge is 0.355 e. The number of thioether (sulfide) groups is 1. The highest BCUT2D eigenvalue weighted by Gasteiger charge is 2.10. The molecule has 1 aromatic carbocycles. The summed E-state index contributed by atoms with van der Waals surface area (Å²) in [5, 5.41) is 3.43. The standard InChI is InChI=1S/C15H21N3S/c1-11(2)9-16-15-17-12(3)10-18(15)13-7-5-6-8-14(13)19-4/h5-8,10-11H,9H2,1-4H3,(H,16,17). The van der Waals surface area contributed by atoms with Crippen LogP contribution < -0.4 is 5.32 Å². The molecule has 0 spiro atoms. The van der Waals surface area contributed by atoms with Crippen molar-refractivity contribution >= 4 is 17.7 Å². The third-order valence-electron chi connectivity index (χ3n) is 2.84. The van der Waals surface area contributed by atoms with Gasteiger partial charge in [0.2, 0.25) is 5.95 Å². The zero-order chi connectivity index (χ0) is 13.8. The summed E-state index contributed by atoms with van der Waals surface area (Å²) in [6.45, 7) is 7.35. The summed E-state index contributed by atoms with van der Waals surface area (Å²) in [5.74, 6) is 1.52. The molecule has 102 valence electrons. The molecular formula is C15H21N3S. The van der Waals surface area contributed by atoms with Crippen LogP contribution in [-0.2, 0) is 0 Å². The third-order valence-corrected chi connectivity index (χ3v) is 3.62. The molecule has 0 atom stereocenters. The smallest absolute Gasteiger partial charge is 0.207 e. The number of anilines is 1. The van der Waals surface area contributed by atoms with Crippen LogP contribution in [0.4, 0.5) is 5.95 Å². The van der Waals surface area contributed by atoms with Crippen LogP contribution in [0.3, 0.4) is 0 Å². The summed E-state index contributed by atoms with van der Waals surface area (Å²) in [6.07, 6.45) is 4.18. The summed E-state index contributed by atoms with van der Waals surface area (Å²) < 4.78 is 2.14. The Morgan fingerprint density at radius 2 is 2.05 bits per heavy atom. The number of hydrogen-bond acceptors (Lipinski definition) is 3. The van der Waals surface area contributed by atoms with Gasteiger partial charge in [-0.05, 0) is 31.2 Å². The molecule has 4 heteroatoms. The Hall–Kier alpha value is -1.42. The highest BCUT2D eigenvalue weighted by atomic mass is 32.2. The number of nitrogens with one attached hydrogen (secondary N) is 1. The van der Waals surface area contributed by atoms with Gasteiger partial charge in [-0.2, -0.15) is 0 Å². The number of imidazole rings is 1. The molecule has 19 heavy (non-hydrogen) atoms. The van der Waals surface area contributed by atoms with E-state index in [2.05, 4.69) is 65.4 Å². The lowest BCUT2D eigenvalue weighted by Gasteiger charge is -2.13. The second-order valence-corrected chi connectivity index (χ2v) is 5.87. The van der Waals surface area contributed by atoms with Crippen LogP contribution >= 0.6 is 11.8 Å². The molecule has 0 aliphatic rings. The lowest BCUT2D eigenvalue weighted by molar-refractivity contribution is 0.683. The average molecular weight is 275 g/mol. The molecule has 0 amide bonds. The van der Waals surface area contributed by atoms with E-state index in [1.165, 1.54) is 10.6 Å². The number of nitrogens with zero attached hydrogens (tertiary/aromatic N) is 2. The van der Waals surface area contributed by atoms with Gasteiger partial charge in [0.05, 0.1) is 11.4 Å². The van der Waals surface area contributed by atoms with Gasteiger partial charge in [-0.15, -0.1) is 11.8 Å². The maximum atomic E-state index is 4.58. The second kappa shape index (κ2) is 6.15. The van der Waals surface area contributed by atoms with E-state index < -0.39 is 0 Å². The quantitative estimate of drug-likeness (QED) is 0.837. The Balaban J connectivity index is 2.38. The fraction of sp³-hybridized carbons (Fsp3) is 0.400. The van der Waals surface area contributed by atoms with E-state index in [0.717, 1.165) is 18.2 Å². The van der Waals surface area contributed by atoms with Crippen LogP contribution in [-0.4, -0.2) is 22.4 Å². The summed E-state index contributed by atoms with van der Waals surface area (Å²) >= 11 is 1.76. The Morgan fingerprint density at radius 1 is 1.32 bits per heavy atom. The predicted octanol–water partition coefficient (Wildman–Crippen LogP) is 3.97. The number of aromatic nitrogens is 2. The van der Waals surface area contributed by atoms with Gasteiger partial charge in [0, 0.05) is 17.6 Å². The van der Waals surface area contributed by atoms with Crippen molar-refractivity contribution < 1.29 is 0 Å². The highest BCUT2D eigenvalue weighted by Crippen LogP contribution is 2.26. The third kappa shape index (κ3) is 3.32. The van der Waals surface area contributed by atoms with E-state index in [0.29, 0.717) is 5.92 Å². The van der Waals surface area contributed by atoms with Gasteiger partial charge in [-0.25, -0.2) is 4.98 Å². The molecule has 0 bridgehead atoms. The normalized spacial score (nSPS) is 11.0. The van der Waals surface area contributed by atoms with E-state index in [1.807, 2.05) is 6.92 Å². The van der Waals surface area contributed by atoms with Crippen LogP contribution in [0, 0.1) is 12.8 Å². The summed E-state index contributed by atoms with van der Waals surface area (Å²) in [6, 6.07) is 8.41. The van der Waals surface area contributed by atoms with Crippen LogP contribution in [0.15, 0.2) is 35.4 Å². The molecule has 0 fully saturated rings. The molecule has 0 unspecified atom stereocenters. The lowest BCUT2D eigenvalue weighted by atomic mass is 10.2. The Morgan fingerprint density at radius 3 is 2.74 bits per heavy atom. The van der Waals surface area contributed by atoms with E-state index in [9.17, 15) is 0 Å². The maximum absolute atomic E-state index is 4.58. The number of hydrogen-bond donors (Lipinski definition) is 1. The SMILES string of the molecule is CSc1ccccc1-n1cc(C)nc1NCC(C)C. The Bertz CT molecular complexity index is 546. The van der Waals surface area contributed by atoms with Crippen molar-refractivity contribution in [1.29, 1.82) is 0 Å². The molecular weight excluding hydrogens is 254 g/mol. The van der Waals surface area contributed by atoms with Crippen molar-refractivity contribution in [2.24, 2.45) is 5.92 Å².